The monoisotopic (exact) mass is 307 g/mol. The molecule has 0 radical (unpaired) electrons. The summed E-state index contributed by atoms with van der Waals surface area (Å²) < 4.78 is 18.8. The highest BCUT2D eigenvalue weighted by atomic mass is 35.5. The maximum absolute atomic E-state index is 13.4. The maximum Gasteiger partial charge on any atom is 0.123 e. The zero-order valence-corrected chi connectivity index (χ0v) is 13.0. The largest absolute Gasteiger partial charge is 0.496 e. The van der Waals surface area contributed by atoms with Crippen LogP contribution in [0.25, 0.3) is 11.1 Å². The molecule has 0 aromatic heterocycles. The Kier molecular flexibility index (Phi) is 5.59. The third kappa shape index (κ3) is 3.96. The van der Waals surface area contributed by atoms with Crippen LogP contribution in [0.1, 0.15) is 18.9 Å². The third-order valence-corrected chi connectivity index (χ3v) is 3.59. The van der Waals surface area contributed by atoms with Crippen molar-refractivity contribution in [1.29, 1.82) is 0 Å². The lowest BCUT2D eigenvalue weighted by atomic mass is 10.0. The molecule has 0 fully saturated rings. The highest BCUT2D eigenvalue weighted by molar-refractivity contribution is 6.33. The van der Waals surface area contributed by atoms with Gasteiger partial charge in [-0.05, 0) is 48.9 Å². The minimum atomic E-state index is -0.295. The van der Waals surface area contributed by atoms with E-state index in [9.17, 15) is 4.39 Å². The molecule has 0 saturated heterocycles. The van der Waals surface area contributed by atoms with Crippen LogP contribution >= 0.6 is 11.6 Å². The summed E-state index contributed by atoms with van der Waals surface area (Å²) in [5.41, 5.74) is 2.61. The predicted molar refractivity (Wildman–Crippen MR) is 85.4 cm³/mol. The standard InChI is InChI=1S/C17H19ClFNO/c1-3-8-20-11-13-9-12(4-7-17(13)21-2)15-10-14(19)5-6-16(15)18/h4-7,9-10,20H,3,8,11H2,1-2H3. The second-order valence-electron chi connectivity index (χ2n) is 4.83. The van der Waals surface area contributed by atoms with E-state index in [1.807, 2.05) is 18.2 Å². The molecular formula is C17H19ClFNO. The number of hydrogen-bond acceptors (Lipinski definition) is 2. The van der Waals surface area contributed by atoms with Crippen LogP contribution < -0.4 is 10.1 Å². The Labute approximate surface area is 129 Å². The van der Waals surface area contributed by atoms with Gasteiger partial charge < -0.3 is 10.1 Å². The van der Waals surface area contributed by atoms with E-state index >= 15 is 0 Å². The first-order valence-corrected chi connectivity index (χ1v) is 7.36. The van der Waals surface area contributed by atoms with Gasteiger partial charge in [0.15, 0.2) is 0 Å². The van der Waals surface area contributed by atoms with Gasteiger partial charge in [0.2, 0.25) is 0 Å². The first-order chi connectivity index (χ1) is 10.2. The van der Waals surface area contributed by atoms with Gasteiger partial charge in [0.25, 0.3) is 0 Å². The van der Waals surface area contributed by atoms with Gasteiger partial charge in [-0.3, -0.25) is 0 Å². The van der Waals surface area contributed by atoms with Crippen molar-refractivity contribution in [2.45, 2.75) is 19.9 Å². The van der Waals surface area contributed by atoms with E-state index in [0.717, 1.165) is 29.8 Å². The minimum absolute atomic E-state index is 0.295. The number of methoxy groups -OCH3 is 1. The summed E-state index contributed by atoms with van der Waals surface area (Å²) in [6, 6.07) is 10.2. The number of benzene rings is 2. The lowest BCUT2D eigenvalue weighted by Gasteiger charge is -2.12. The Morgan fingerprint density at radius 3 is 2.71 bits per heavy atom. The normalized spacial score (nSPS) is 10.7. The van der Waals surface area contributed by atoms with Gasteiger partial charge in [0.1, 0.15) is 11.6 Å². The lowest BCUT2D eigenvalue weighted by Crippen LogP contribution is -2.14. The van der Waals surface area contributed by atoms with Crippen LogP contribution in [0.5, 0.6) is 5.75 Å². The fraction of sp³-hybridized carbons (Fsp3) is 0.294. The molecule has 0 saturated carbocycles. The van der Waals surface area contributed by atoms with E-state index in [-0.39, 0.29) is 5.82 Å². The van der Waals surface area contributed by atoms with Crippen molar-refractivity contribution < 1.29 is 9.13 Å². The molecule has 2 rings (SSSR count). The number of nitrogens with one attached hydrogen (secondary N) is 1. The molecular weight excluding hydrogens is 289 g/mol. The maximum atomic E-state index is 13.4. The van der Waals surface area contributed by atoms with Crippen molar-refractivity contribution in [3.05, 3.63) is 52.8 Å². The summed E-state index contributed by atoms with van der Waals surface area (Å²) in [5.74, 6) is 0.519. The van der Waals surface area contributed by atoms with Crippen LogP contribution in [0.3, 0.4) is 0 Å². The summed E-state index contributed by atoms with van der Waals surface area (Å²) in [4.78, 5) is 0. The molecule has 2 nitrogen and oxygen atoms in total. The van der Waals surface area contributed by atoms with Gasteiger partial charge >= 0.3 is 0 Å². The van der Waals surface area contributed by atoms with E-state index < -0.39 is 0 Å². The van der Waals surface area contributed by atoms with Crippen molar-refractivity contribution in [2.75, 3.05) is 13.7 Å². The fourth-order valence-corrected chi connectivity index (χ4v) is 2.43. The zero-order chi connectivity index (χ0) is 15.2. The first kappa shape index (κ1) is 15.8. The van der Waals surface area contributed by atoms with Gasteiger partial charge in [-0.2, -0.15) is 0 Å². The zero-order valence-electron chi connectivity index (χ0n) is 12.2. The first-order valence-electron chi connectivity index (χ1n) is 6.98. The van der Waals surface area contributed by atoms with Gasteiger partial charge in [0.05, 0.1) is 7.11 Å². The summed E-state index contributed by atoms with van der Waals surface area (Å²) >= 11 is 6.17. The number of ether oxygens (including phenoxy) is 1. The van der Waals surface area contributed by atoms with Crippen LogP contribution in [0.15, 0.2) is 36.4 Å². The molecule has 0 aliphatic carbocycles. The van der Waals surface area contributed by atoms with Crippen LogP contribution in [-0.2, 0) is 6.54 Å². The van der Waals surface area contributed by atoms with Gasteiger partial charge in [-0.15, -0.1) is 0 Å². The molecule has 21 heavy (non-hydrogen) atoms. The topological polar surface area (TPSA) is 21.3 Å². The summed E-state index contributed by atoms with van der Waals surface area (Å²) in [6.07, 6.45) is 1.07. The van der Waals surface area contributed by atoms with E-state index in [2.05, 4.69) is 12.2 Å². The molecule has 0 aliphatic rings. The van der Waals surface area contributed by atoms with Crippen molar-refractivity contribution in [1.82, 2.24) is 5.32 Å². The quantitative estimate of drug-likeness (QED) is 0.784. The van der Waals surface area contributed by atoms with Crippen molar-refractivity contribution in [3.63, 3.8) is 0 Å². The Morgan fingerprint density at radius 2 is 2.00 bits per heavy atom. The van der Waals surface area contributed by atoms with Crippen LogP contribution in [0, 0.1) is 5.82 Å². The average molecular weight is 308 g/mol. The van der Waals surface area contributed by atoms with Crippen molar-refractivity contribution in [2.24, 2.45) is 0 Å². The molecule has 0 bridgehead atoms. The Hall–Kier alpha value is -1.58. The predicted octanol–water partition coefficient (Wildman–Crippen LogP) is 4.65. The number of hydrogen-bond donors (Lipinski definition) is 1. The number of rotatable bonds is 6. The Bertz CT molecular complexity index is 616. The van der Waals surface area contributed by atoms with E-state index in [4.69, 9.17) is 16.3 Å². The molecule has 0 aliphatic heterocycles. The van der Waals surface area contributed by atoms with Crippen LogP contribution in [0.4, 0.5) is 4.39 Å². The average Bonchev–Trinajstić information content (AvgIpc) is 2.50. The summed E-state index contributed by atoms with van der Waals surface area (Å²) in [5, 5.41) is 3.88. The Balaban J connectivity index is 2.36. The minimum Gasteiger partial charge on any atom is -0.496 e. The molecule has 0 atom stereocenters. The lowest BCUT2D eigenvalue weighted by molar-refractivity contribution is 0.408. The van der Waals surface area contributed by atoms with E-state index in [1.54, 1.807) is 13.2 Å². The van der Waals surface area contributed by atoms with Gasteiger partial charge in [0, 0.05) is 22.7 Å². The molecule has 4 heteroatoms. The molecule has 2 aromatic carbocycles. The second-order valence-corrected chi connectivity index (χ2v) is 5.23. The molecule has 0 amide bonds. The van der Waals surface area contributed by atoms with Crippen molar-refractivity contribution >= 4 is 11.6 Å². The molecule has 0 spiro atoms. The molecule has 2 aromatic rings. The summed E-state index contributed by atoms with van der Waals surface area (Å²) in [7, 11) is 1.65. The SMILES string of the molecule is CCCNCc1cc(-c2cc(F)ccc2Cl)ccc1OC. The molecule has 1 N–H and O–H groups in total. The van der Waals surface area contributed by atoms with Crippen LogP contribution in [0.2, 0.25) is 5.02 Å². The fourth-order valence-electron chi connectivity index (χ4n) is 2.20. The summed E-state index contributed by atoms with van der Waals surface area (Å²) in [6.45, 7) is 3.76. The van der Waals surface area contributed by atoms with Crippen LogP contribution in [-0.4, -0.2) is 13.7 Å². The molecule has 0 heterocycles. The third-order valence-electron chi connectivity index (χ3n) is 3.26. The van der Waals surface area contributed by atoms with E-state index in [1.165, 1.54) is 12.1 Å². The highest BCUT2D eigenvalue weighted by Gasteiger charge is 2.09. The second kappa shape index (κ2) is 7.43. The molecule has 0 unspecified atom stereocenters. The van der Waals surface area contributed by atoms with Gasteiger partial charge in [-0.25, -0.2) is 4.39 Å². The smallest absolute Gasteiger partial charge is 0.123 e. The molecule has 112 valence electrons. The Morgan fingerprint density at radius 1 is 1.19 bits per heavy atom. The van der Waals surface area contributed by atoms with Crippen molar-refractivity contribution in [3.8, 4) is 16.9 Å². The highest BCUT2D eigenvalue weighted by Crippen LogP contribution is 2.32. The van der Waals surface area contributed by atoms with Gasteiger partial charge in [-0.1, -0.05) is 24.6 Å². The number of halogens is 2. The van der Waals surface area contributed by atoms with E-state index in [0.29, 0.717) is 17.1 Å².